The lowest BCUT2D eigenvalue weighted by atomic mass is 9.91. The summed E-state index contributed by atoms with van der Waals surface area (Å²) in [6.07, 6.45) is 0. The summed E-state index contributed by atoms with van der Waals surface area (Å²) >= 11 is 6.10. The van der Waals surface area contributed by atoms with E-state index in [1.54, 1.807) is 30.3 Å². The van der Waals surface area contributed by atoms with Gasteiger partial charge in [-0.15, -0.1) is 5.10 Å². The molecule has 0 saturated heterocycles. The number of hydrogen-bond donors (Lipinski definition) is 1. The minimum atomic E-state index is -1.02. The average Bonchev–Trinajstić information content (AvgIpc) is 3.42. The highest BCUT2D eigenvalue weighted by Crippen LogP contribution is 2.31. The van der Waals surface area contributed by atoms with Crippen molar-refractivity contribution in [2.75, 3.05) is 11.6 Å². The number of nitrogens with zero attached hydrogens (tertiary/aromatic N) is 5. The average molecular weight is 488 g/mol. The Hall–Kier alpha value is -4.17. The molecule has 1 N–H and O–H groups in total. The third-order valence-corrected chi connectivity index (χ3v) is 6.26. The van der Waals surface area contributed by atoms with Crippen molar-refractivity contribution >= 4 is 29.2 Å². The van der Waals surface area contributed by atoms with Crippen LogP contribution in [-0.4, -0.2) is 37.7 Å². The molecule has 0 saturated carbocycles. The number of aromatic carboxylic acids is 1. The summed E-state index contributed by atoms with van der Waals surface area (Å²) in [5, 5.41) is 21.1. The summed E-state index contributed by atoms with van der Waals surface area (Å²) in [6.45, 7) is 0.665. The van der Waals surface area contributed by atoms with E-state index in [4.69, 9.17) is 16.7 Å². The Morgan fingerprint density at radius 2 is 1.80 bits per heavy atom. The van der Waals surface area contributed by atoms with E-state index < -0.39 is 5.97 Å². The summed E-state index contributed by atoms with van der Waals surface area (Å²) in [6, 6.07) is 24.1. The van der Waals surface area contributed by atoms with Gasteiger partial charge < -0.3 is 5.11 Å². The summed E-state index contributed by atoms with van der Waals surface area (Å²) < 4.78 is 2.78. The van der Waals surface area contributed by atoms with Crippen LogP contribution in [0.3, 0.4) is 0 Å². The molecule has 3 aromatic carbocycles. The van der Waals surface area contributed by atoms with E-state index in [1.807, 2.05) is 42.5 Å². The first-order valence-corrected chi connectivity index (χ1v) is 11.4. The minimum Gasteiger partial charge on any atom is -0.478 e. The van der Waals surface area contributed by atoms with Gasteiger partial charge in [-0.2, -0.15) is 5.10 Å². The maximum absolute atomic E-state index is 13.0. The molecule has 1 atom stereocenters. The van der Waals surface area contributed by atoms with Crippen molar-refractivity contribution < 1.29 is 9.90 Å². The summed E-state index contributed by atoms with van der Waals surface area (Å²) in [7, 11) is 1.65. The fraction of sp³-hybridized carbons (Fsp3) is 0.154. The maximum atomic E-state index is 13.0. The standard InChI is InChI=1S/C26H22ClN5O3/c1-30-25(29-32(26(30)35)15-17-6-5-9-20(14-17)24(33)34)31-16-22(18-7-3-2-4-8-18)23(28-31)19-10-12-21(27)13-11-19/h2-14,22H,15-16H2,1H3,(H,33,34). The van der Waals surface area contributed by atoms with Crippen LogP contribution >= 0.6 is 11.6 Å². The molecule has 0 aliphatic carbocycles. The largest absolute Gasteiger partial charge is 0.478 e. The van der Waals surface area contributed by atoms with Crippen LogP contribution < -0.4 is 10.7 Å². The van der Waals surface area contributed by atoms with Crippen LogP contribution in [0.4, 0.5) is 5.95 Å². The highest BCUT2D eigenvalue weighted by atomic mass is 35.5. The second-order valence-electron chi connectivity index (χ2n) is 8.34. The van der Waals surface area contributed by atoms with E-state index in [2.05, 4.69) is 17.2 Å². The Bertz CT molecular complexity index is 1480. The van der Waals surface area contributed by atoms with E-state index >= 15 is 0 Å². The summed E-state index contributed by atoms with van der Waals surface area (Å²) in [4.78, 5) is 24.3. The molecule has 0 spiro atoms. The first-order chi connectivity index (χ1) is 16.9. The third-order valence-electron chi connectivity index (χ3n) is 6.01. The number of halogens is 1. The molecule has 1 aliphatic heterocycles. The van der Waals surface area contributed by atoms with E-state index in [9.17, 15) is 14.7 Å². The molecule has 2 heterocycles. The van der Waals surface area contributed by atoms with Crippen molar-refractivity contribution in [3.63, 3.8) is 0 Å². The molecule has 0 bridgehead atoms. The fourth-order valence-electron chi connectivity index (χ4n) is 4.23. The number of anilines is 1. The highest BCUT2D eigenvalue weighted by Gasteiger charge is 2.32. The van der Waals surface area contributed by atoms with Crippen LogP contribution in [0, 0.1) is 0 Å². The van der Waals surface area contributed by atoms with Crippen molar-refractivity contribution in [2.24, 2.45) is 12.1 Å². The highest BCUT2D eigenvalue weighted by molar-refractivity contribution is 6.30. The molecule has 0 amide bonds. The molecule has 8 nitrogen and oxygen atoms in total. The third kappa shape index (κ3) is 4.48. The fourth-order valence-corrected chi connectivity index (χ4v) is 4.36. The van der Waals surface area contributed by atoms with Crippen LogP contribution in [0.2, 0.25) is 5.02 Å². The number of hydrogen-bond acceptors (Lipinski definition) is 5. The first kappa shape index (κ1) is 22.6. The number of carboxylic acids is 1. The maximum Gasteiger partial charge on any atom is 0.347 e. The molecule has 5 rings (SSSR count). The van der Waals surface area contributed by atoms with Gasteiger partial charge in [-0.25, -0.2) is 19.3 Å². The monoisotopic (exact) mass is 487 g/mol. The lowest BCUT2D eigenvalue weighted by molar-refractivity contribution is 0.0696. The van der Waals surface area contributed by atoms with E-state index in [0.29, 0.717) is 23.1 Å². The van der Waals surface area contributed by atoms with Crippen molar-refractivity contribution in [1.82, 2.24) is 14.3 Å². The molecule has 35 heavy (non-hydrogen) atoms. The van der Waals surface area contributed by atoms with Crippen LogP contribution in [0.1, 0.15) is 33.0 Å². The molecular weight excluding hydrogens is 466 g/mol. The van der Waals surface area contributed by atoms with Crippen LogP contribution in [0.25, 0.3) is 0 Å². The van der Waals surface area contributed by atoms with Gasteiger partial charge in [-0.05, 0) is 41.0 Å². The van der Waals surface area contributed by atoms with Crippen molar-refractivity contribution in [2.45, 2.75) is 12.5 Å². The molecule has 1 unspecified atom stereocenters. The molecular formula is C26H22ClN5O3. The zero-order valence-electron chi connectivity index (χ0n) is 18.9. The van der Waals surface area contributed by atoms with Gasteiger partial charge in [0.15, 0.2) is 0 Å². The van der Waals surface area contributed by atoms with Gasteiger partial charge in [0.25, 0.3) is 0 Å². The first-order valence-electron chi connectivity index (χ1n) is 11.0. The lowest BCUT2D eigenvalue weighted by Gasteiger charge is -2.15. The Morgan fingerprint density at radius 3 is 2.51 bits per heavy atom. The smallest absolute Gasteiger partial charge is 0.347 e. The number of rotatable bonds is 6. The predicted octanol–water partition coefficient (Wildman–Crippen LogP) is 3.99. The summed E-state index contributed by atoms with van der Waals surface area (Å²) in [5.74, 6) is -0.631. The zero-order chi connectivity index (χ0) is 24.5. The molecule has 176 valence electrons. The van der Waals surface area contributed by atoms with Crippen molar-refractivity contribution in [3.8, 4) is 0 Å². The van der Waals surface area contributed by atoms with Gasteiger partial charge in [0.05, 0.1) is 24.4 Å². The van der Waals surface area contributed by atoms with E-state index in [-0.39, 0.29) is 23.7 Å². The van der Waals surface area contributed by atoms with Gasteiger partial charge in [-0.3, -0.25) is 4.57 Å². The molecule has 0 radical (unpaired) electrons. The number of carbonyl (C=O) groups is 1. The Kier molecular flexibility index (Phi) is 5.96. The Labute approximate surface area is 206 Å². The number of benzene rings is 3. The quantitative estimate of drug-likeness (QED) is 0.444. The van der Waals surface area contributed by atoms with Crippen molar-refractivity contribution in [1.29, 1.82) is 0 Å². The summed E-state index contributed by atoms with van der Waals surface area (Å²) in [5.41, 5.74) is 3.44. The number of aromatic nitrogens is 3. The van der Waals surface area contributed by atoms with Crippen LogP contribution in [0.15, 0.2) is 88.8 Å². The van der Waals surface area contributed by atoms with Crippen LogP contribution in [-0.2, 0) is 13.6 Å². The lowest BCUT2D eigenvalue weighted by Crippen LogP contribution is -2.25. The van der Waals surface area contributed by atoms with Crippen LogP contribution in [0.5, 0.6) is 0 Å². The minimum absolute atomic E-state index is 0.0233. The van der Waals surface area contributed by atoms with E-state index in [0.717, 1.165) is 16.8 Å². The number of hydrazone groups is 1. The van der Waals surface area contributed by atoms with Gasteiger partial charge in [0.2, 0.25) is 5.95 Å². The number of carboxylic acid groups (broad SMARTS) is 1. The van der Waals surface area contributed by atoms with Gasteiger partial charge in [0.1, 0.15) is 0 Å². The zero-order valence-corrected chi connectivity index (χ0v) is 19.6. The molecule has 1 aliphatic rings. The molecule has 4 aromatic rings. The second kappa shape index (κ2) is 9.23. The molecule has 1 aromatic heterocycles. The second-order valence-corrected chi connectivity index (χ2v) is 8.78. The normalized spacial score (nSPS) is 15.3. The Morgan fingerprint density at radius 1 is 1.06 bits per heavy atom. The van der Waals surface area contributed by atoms with E-state index in [1.165, 1.54) is 15.3 Å². The van der Waals surface area contributed by atoms with Gasteiger partial charge in [-0.1, -0.05) is 66.2 Å². The SMILES string of the molecule is Cn1c(N2CC(c3ccccc3)C(c3ccc(Cl)cc3)=N2)nn(Cc2cccc(C(=O)O)c2)c1=O. The van der Waals surface area contributed by atoms with Crippen molar-refractivity contribution in [3.05, 3.63) is 117 Å². The molecule has 9 heteroatoms. The molecule has 0 fully saturated rings. The topological polar surface area (TPSA) is 92.7 Å². The van der Waals surface area contributed by atoms with Gasteiger partial charge >= 0.3 is 11.7 Å². The predicted molar refractivity (Wildman–Crippen MR) is 134 cm³/mol. The van der Waals surface area contributed by atoms with Gasteiger partial charge in [0, 0.05) is 18.0 Å². The Balaban J connectivity index is 1.51.